The quantitative estimate of drug-likeness (QED) is 0.647. The van der Waals surface area contributed by atoms with Gasteiger partial charge in [-0.25, -0.2) is 8.78 Å². The summed E-state index contributed by atoms with van der Waals surface area (Å²) in [7, 11) is 0. The van der Waals surface area contributed by atoms with Crippen molar-refractivity contribution in [3.8, 4) is 0 Å². The first-order valence-electron chi connectivity index (χ1n) is 9.43. The monoisotopic (exact) mass is 377 g/mol. The summed E-state index contributed by atoms with van der Waals surface area (Å²) >= 11 is 0. The highest BCUT2D eigenvalue weighted by Gasteiger charge is 2.38. The fraction of sp³-hybridized carbons (Fsp3) is 0.208. The molecule has 3 atom stereocenters. The smallest absolute Gasteiger partial charge is 0.251 e. The summed E-state index contributed by atoms with van der Waals surface area (Å²) in [6.45, 7) is 2.10. The lowest BCUT2D eigenvalue weighted by Gasteiger charge is -2.23. The van der Waals surface area contributed by atoms with E-state index in [4.69, 9.17) is 0 Å². The van der Waals surface area contributed by atoms with Gasteiger partial charge in [0.25, 0.3) is 5.91 Å². The van der Waals surface area contributed by atoms with Crippen LogP contribution in [0.4, 0.5) is 8.78 Å². The molecule has 1 aliphatic carbocycles. The van der Waals surface area contributed by atoms with Gasteiger partial charge in [0.15, 0.2) is 11.6 Å². The Kier molecular flexibility index (Phi) is 4.95. The van der Waals surface area contributed by atoms with Crippen molar-refractivity contribution in [3.05, 3.63) is 107 Å². The lowest BCUT2D eigenvalue weighted by atomic mass is 9.86. The Bertz CT molecular complexity index is 1000. The van der Waals surface area contributed by atoms with Crippen molar-refractivity contribution >= 4 is 5.91 Å². The normalized spacial score (nSPS) is 20.6. The van der Waals surface area contributed by atoms with E-state index in [1.165, 1.54) is 12.1 Å². The Balaban J connectivity index is 1.61. The number of rotatable bonds is 4. The molecule has 0 saturated heterocycles. The van der Waals surface area contributed by atoms with Crippen LogP contribution in [0.5, 0.6) is 0 Å². The molecule has 0 fully saturated rings. The summed E-state index contributed by atoms with van der Waals surface area (Å²) in [6, 6.07) is 21.1. The van der Waals surface area contributed by atoms with Crippen LogP contribution in [0.1, 0.15) is 45.9 Å². The number of benzene rings is 3. The molecule has 0 bridgehead atoms. The number of hydrogen-bond donors (Lipinski definition) is 1. The molecule has 1 aliphatic rings. The van der Waals surface area contributed by atoms with Gasteiger partial charge < -0.3 is 5.32 Å². The lowest BCUT2D eigenvalue weighted by Crippen LogP contribution is -2.31. The van der Waals surface area contributed by atoms with Crippen molar-refractivity contribution in [2.75, 3.05) is 0 Å². The van der Waals surface area contributed by atoms with E-state index < -0.39 is 11.6 Å². The van der Waals surface area contributed by atoms with Crippen LogP contribution in [0.15, 0.2) is 72.8 Å². The number of hydrogen-bond acceptors (Lipinski definition) is 1. The van der Waals surface area contributed by atoms with Crippen molar-refractivity contribution in [2.45, 2.75) is 25.3 Å². The first-order valence-corrected chi connectivity index (χ1v) is 9.43. The molecule has 142 valence electrons. The second kappa shape index (κ2) is 7.55. The van der Waals surface area contributed by atoms with Crippen LogP contribution in [0, 0.1) is 17.6 Å². The summed E-state index contributed by atoms with van der Waals surface area (Å²) in [6.07, 6.45) is 0.590. The molecule has 0 aliphatic heterocycles. The van der Waals surface area contributed by atoms with E-state index in [-0.39, 0.29) is 23.8 Å². The lowest BCUT2D eigenvalue weighted by molar-refractivity contribution is 0.0924. The van der Waals surface area contributed by atoms with Gasteiger partial charge in [-0.1, -0.05) is 55.5 Å². The predicted molar refractivity (Wildman–Crippen MR) is 105 cm³/mol. The molecule has 4 rings (SSSR count). The standard InChI is InChI=1S/C24H21F2NO/c1-15-20(13-16-11-12-21(25)22(26)14-16)18-9-5-6-10-19(18)23(15)27-24(28)17-7-3-2-4-8-17/h2-12,14-15,20,23H,13H2,1H3,(H,27,28)/t15?,20-,23+/m1/s1. The minimum Gasteiger partial charge on any atom is -0.345 e. The summed E-state index contributed by atoms with van der Waals surface area (Å²) in [5, 5.41) is 3.16. The Labute approximate surface area is 163 Å². The first-order chi connectivity index (χ1) is 13.5. The molecule has 2 nitrogen and oxygen atoms in total. The van der Waals surface area contributed by atoms with Gasteiger partial charge in [-0.15, -0.1) is 0 Å². The molecule has 3 aromatic carbocycles. The number of amides is 1. The third-order valence-corrected chi connectivity index (χ3v) is 5.65. The van der Waals surface area contributed by atoms with E-state index in [1.807, 2.05) is 36.4 Å². The maximum Gasteiger partial charge on any atom is 0.251 e. The average Bonchev–Trinajstić information content (AvgIpc) is 2.97. The van der Waals surface area contributed by atoms with Crippen LogP contribution >= 0.6 is 0 Å². The van der Waals surface area contributed by atoms with E-state index in [0.29, 0.717) is 12.0 Å². The van der Waals surface area contributed by atoms with Crippen LogP contribution < -0.4 is 5.32 Å². The summed E-state index contributed by atoms with van der Waals surface area (Å²) in [5.41, 5.74) is 3.61. The molecular weight excluding hydrogens is 356 g/mol. The zero-order chi connectivity index (χ0) is 19.7. The van der Waals surface area contributed by atoms with Crippen molar-refractivity contribution in [2.24, 2.45) is 5.92 Å². The van der Waals surface area contributed by atoms with E-state index in [1.54, 1.807) is 18.2 Å². The van der Waals surface area contributed by atoms with Crippen LogP contribution in [0.25, 0.3) is 0 Å². The Morgan fingerprint density at radius 2 is 1.57 bits per heavy atom. The largest absolute Gasteiger partial charge is 0.345 e. The molecular formula is C24H21F2NO. The molecule has 1 amide bonds. The highest BCUT2D eigenvalue weighted by Crippen LogP contribution is 2.46. The number of carbonyl (C=O) groups is 1. The van der Waals surface area contributed by atoms with Gasteiger partial charge in [0.1, 0.15) is 0 Å². The minimum atomic E-state index is -0.836. The third-order valence-electron chi connectivity index (χ3n) is 5.65. The summed E-state index contributed by atoms with van der Waals surface area (Å²) in [5.74, 6) is -1.54. The van der Waals surface area contributed by atoms with E-state index in [2.05, 4.69) is 18.3 Å². The summed E-state index contributed by atoms with van der Waals surface area (Å²) in [4.78, 5) is 12.7. The highest BCUT2D eigenvalue weighted by atomic mass is 19.2. The van der Waals surface area contributed by atoms with Crippen molar-refractivity contribution in [3.63, 3.8) is 0 Å². The summed E-state index contributed by atoms with van der Waals surface area (Å²) < 4.78 is 26.9. The highest BCUT2D eigenvalue weighted by molar-refractivity contribution is 5.94. The Morgan fingerprint density at radius 3 is 2.29 bits per heavy atom. The SMILES string of the molecule is CC1[C@H](NC(=O)c2ccccc2)c2ccccc2[C@@H]1Cc1ccc(F)c(F)c1. The molecule has 4 heteroatoms. The van der Waals surface area contributed by atoms with Crippen molar-refractivity contribution in [1.29, 1.82) is 0 Å². The maximum atomic E-state index is 13.7. The van der Waals surface area contributed by atoms with Gasteiger partial charge >= 0.3 is 0 Å². The minimum absolute atomic E-state index is 0.110. The zero-order valence-electron chi connectivity index (χ0n) is 15.5. The van der Waals surface area contributed by atoms with Gasteiger partial charge in [-0.05, 0) is 59.2 Å². The molecule has 0 heterocycles. The molecule has 1 unspecified atom stereocenters. The topological polar surface area (TPSA) is 29.1 Å². The second-order valence-corrected chi connectivity index (χ2v) is 7.36. The Morgan fingerprint density at radius 1 is 0.893 bits per heavy atom. The van der Waals surface area contributed by atoms with Gasteiger partial charge in [-0.2, -0.15) is 0 Å². The predicted octanol–water partition coefficient (Wildman–Crippen LogP) is 5.41. The van der Waals surface area contributed by atoms with Gasteiger partial charge in [0, 0.05) is 5.56 Å². The number of fused-ring (bicyclic) bond motifs is 1. The van der Waals surface area contributed by atoms with Gasteiger partial charge in [0.05, 0.1) is 6.04 Å². The van der Waals surface area contributed by atoms with Gasteiger partial charge in [0.2, 0.25) is 0 Å². The molecule has 0 spiro atoms. The van der Waals surface area contributed by atoms with Crippen molar-refractivity contribution in [1.82, 2.24) is 5.32 Å². The Hall–Kier alpha value is -3.01. The molecule has 0 saturated carbocycles. The third kappa shape index (κ3) is 3.42. The number of halogens is 2. The molecule has 3 aromatic rings. The van der Waals surface area contributed by atoms with E-state index in [9.17, 15) is 13.6 Å². The van der Waals surface area contributed by atoms with Crippen LogP contribution in [-0.4, -0.2) is 5.91 Å². The maximum absolute atomic E-state index is 13.7. The molecule has 1 N–H and O–H groups in total. The van der Waals surface area contributed by atoms with Crippen LogP contribution in [-0.2, 0) is 6.42 Å². The van der Waals surface area contributed by atoms with E-state index >= 15 is 0 Å². The van der Waals surface area contributed by atoms with Crippen LogP contribution in [0.3, 0.4) is 0 Å². The zero-order valence-corrected chi connectivity index (χ0v) is 15.5. The average molecular weight is 377 g/mol. The number of carbonyl (C=O) groups excluding carboxylic acids is 1. The van der Waals surface area contributed by atoms with Crippen LogP contribution in [0.2, 0.25) is 0 Å². The number of nitrogens with one attached hydrogen (secondary N) is 1. The van der Waals surface area contributed by atoms with Crippen molar-refractivity contribution < 1.29 is 13.6 Å². The van der Waals surface area contributed by atoms with Gasteiger partial charge in [-0.3, -0.25) is 4.79 Å². The molecule has 0 radical (unpaired) electrons. The fourth-order valence-electron chi connectivity index (χ4n) is 4.17. The molecule has 0 aromatic heterocycles. The molecule has 28 heavy (non-hydrogen) atoms. The first kappa shape index (κ1) is 18.4. The fourth-order valence-corrected chi connectivity index (χ4v) is 4.17. The second-order valence-electron chi connectivity index (χ2n) is 7.36. The van der Waals surface area contributed by atoms with E-state index in [0.717, 1.165) is 16.7 Å².